The van der Waals surface area contributed by atoms with Crippen molar-refractivity contribution in [3.8, 4) is 5.75 Å². The minimum absolute atomic E-state index is 0.0903. The van der Waals surface area contributed by atoms with E-state index in [9.17, 15) is 0 Å². The number of anilines is 1. The van der Waals surface area contributed by atoms with E-state index >= 15 is 0 Å². The highest BCUT2D eigenvalue weighted by atomic mass is 79.9. The van der Waals surface area contributed by atoms with Crippen molar-refractivity contribution >= 4 is 33.2 Å². The molecular weight excluding hydrogens is 350 g/mol. The van der Waals surface area contributed by atoms with Crippen LogP contribution in [0.15, 0.2) is 40.9 Å². The third-order valence-corrected chi connectivity index (χ3v) is 4.06. The average Bonchev–Trinajstić information content (AvgIpc) is 2.42. The third-order valence-electron chi connectivity index (χ3n) is 3.24. The van der Waals surface area contributed by atoms with Crippen LogP contribution < -0.4 is 10.1 Å². The lowest BCUT2D eigenvalue weighted by atomic mass is 10.1. The van der Waals surface area contributed by atoms with Crippen LogP contribution in [0.25, 0.3) is 0 Å². The van der Waals surface area contributed by atoms with Gasteiger partial charge < -0.3 is 10.1 Å². The predicted octanol–water partition coefficient (Wildman–Crippen LogP) is 5.98. The normalized spacial score (nSPS) is 12.0. The topological polar surface area (TPSA) is 21.3 Å². The maximum absolute atomic E-state index is 6.32. The lowest BCUT2D eigenvalue weighted by Gasteiger charge is -2.20. The van der Waals surface area contributed by atoms with Gasteiger partial charge in [-0.25, -0.2) is 0 Å². The van der Waals surface area contributed by atoms with Crippen molar-refractivity contribution in [3.63, 3.8) is 0 Å². The molecule has 0 heterocycles. The van der Waals surface area contributed by atoms with Crippen LogP contribution in [0.4, 0.5) is 5.69 Å². The van der Waals surface area contributed by atoms with E-state index in [4.69, 9.17) is 16.3 Å². The van der Waals surface area contributed by atoms with Gasteiger partial charge in [-0.1, -0.05) is 39.7 Å². The molecule has 2 aromatic carbocycles. The molecular formula is C17H19BrClNO. The number of nitrogens with one attached hydrogen (secondary N) is 1. The van der Waals surface area contributed by atoms with Crippen LogP contribution in [-0.2, 0) is 0 Å². The van der Waals surface area contributed by atoms with E-state index in [1.165, 1.54) is 5.56 Å². The Hall–Kier alpha value is -1.19. The first kappa shape index (κ1) is 16.2. The summed E-state index contributed by atoms with van der Waals surface area (Å²) in [6.07, 6.45) is 0. The van der Waals surface area contributed by atoms with Crippen LogP contribution in [0, 0.1) is 6.92 Å². The molecule has 0 aliphatic carbocycles. The fourth-order valence-corrected chi connectivity index (χ4v) is 3.02. The van der Waals surface area contributed by atoms with E-state index in [0.29, 0.717) is 6.61 Å². The van der Waals surface area contributed by atoms with Gasteiger partial charge in [-0.2, -0.15) is 0 Å². The van der Waals surface area contributed by atoms with Gasteiger partial charge in [0.05, 0.1) is 18.3 Å². The Morgan fingerprint density at radius 2 is 2.00 bits per heavy atom. The van der Waals surface area contributed by atoms with Crippen LogP contribution in [0.2, 0.25) is 5.02 Å². The molecule has 0 spiro atoms. The van der Waals surface area contributed by atoms with Gasteiger partial charge in [0.2, 0.25) is 0 Å². The molecule has 21 heavy (non-hydrogen) atoms. The molecule has 0 saturated heterocycles. The van der Waals surface area contributed by atoms with Crippen molar-refractivity contribution in [3.05, 3.63) is 57.0 Å². The molecule has 2 nitrogen and oxygen atoms in total. The fraction of sp³-hybridized carbons (Fsp3) is 0.294. The number of aryl methyl sites for hydroxylation is 1. The van der Waals surface area contributed by atoms with E-state index in [0.717, 1.165) is 26.5 Å². The van der Waals surface area contributed by atoms with E-state index in [1.54, 1.807) is 0 Å². The average molecular weight is 369 g/mol. The summed E-state index contributed by atoms with van der Waals surface area (Å²) in [5.41, 5.74) is 3.22. The van der Waals surface area contributed by atoms with Crippen molar-refractivity contribution in [2.75, 3.05) is 11.9 Å². The minimum atomic E-state index is 0.0903. The maximum Gasteiger partial charge on any atom is 0.142 e. The zero-order valence-corrected chi connectivity index (χ0v) is 14.8. The molecule has 0 fully saturated rings. The summed E-state index contributed by atoms with van der Waals surface area (Å²) < 4.78 is 6.68. The zero-order chi connectivity index (χ0) is 15.4. The summed E-state index contributed by atoms with van der Waals surface area (Å²) in [7, 11) is 0. The number of ether oxygens (including phenoxy) is 1. The van der Waals surface area contributed by atoms with E-state index in [1.807, 2.05) is 37.3 Å². The smallest absolute Gasteiger partial charge is 0.142 e. The summed E-state index contributed by atoms with van der Waals surface area (Å²) in [6, 6.07) is 12.2. The lowest BCUT2D eigenvalue weighted by Crippen LogP contribution is -2.09. The first-order chi connectivity index (χ1) is 10.0. The molecule has 2 rings (SSSR count). The molecule has 1 unspecified atom stereocenters. The van der Waals surface area contributed by atoms with E-state index < -0.39 is 0 Å². The van der Waals surface area contributed by atoms with Crippen molar-refractivity contribution < 1.29 is 4.74 Å². The van der Waals surface area contributed by atoms with Gasteiger partial charge in [-0.3, -0.25) is 0 Å². The summed E-state index contributed by atoms with van der Waals surface area (Å²) in [6.45, 7) is 6.78. The number of rotatable bonds is 5. The molecule has 0 radical (unpaired) electrons. The van der Waals surface area contributed by atoms with Gasteiger partial charge in [0.15, 0.2) is 0 Å². The number of hydrogen-bond donors (Lipinski definition) is 1. The Bertz CT molecular complexity index is 630. The molecule has 2 aromatic rings. The van der Waals surface area contributed by atoms with Crippen molar-refractivity contribution in [2.24, 2.45) is 0 Å². The molecule has 112 valence electrons. The fourth-order valence-electron chi connectivity index (χ4n) is 2.19. The second-order valence-corrected chi connectivity index (χ2v) is 6.29. The van der Waals surface area contributed by atoms with Crippen LogP contribution in [0.5, 0.6) is 5.75 Å². The van der Waals surface area contributed by atoms with Gasteiger partial charge >= 0.3 is 0 Å². The molecule has 0 aromatic heterocycles. The predicted molar refractivity (Wildman–Crippen MR) is 93.5 cm³/mol. The molecule has 4 heteroatoms. The Labute approximate surface area is 139 Å². The Kier molecular flexibility index (Phi) is 5.54. The van der Waals surface area contributed by atoms with E-state index in [-0.39, 0.29) is 6.04 Å². The standard InChI is InChI=1S/C17H19BrClNO/c1-4-21-17-9-11(2)5-8-16(17)20-12(3)14-7-6-13(18)10-15(14)19/h5-10,12,20H,4H2,1-3H3. The van der Waals surface area contributed by atoms with Gasteiger partial charge in [-0.05, 0) is 56.2 Å². The third kappa shape index (κ3) is 4.14. The van der Waals surface area contributed by atoms with Crippen molar-refractivity contribution in [1.29, 1.82) is 0 Å². The van der Waals surface area contributed by atoms with Crippen molar-refractivity contribution in [2.45, 2.75) is 26.8 Å². The van der Waals surface area contributed by atoms with Gasteiger partial charge in [0, 0.05) is 9.50 Å². The van der Waals surface area contributed by atoms with E-state index in [2.05, 4.69) is 41.2 Å². The van der Waals surface area contributed by atoms with Gasteiger partial charge in [0.1, 0.15) is 5.75 Å². The van der Waals surface area contributed by atoms with Crippen LogP contribution in [0.1, 0.15) is 31.0 Å². The van der Waals surface area contributed by atoms with Gasteiger partial charge in [-0.15, -0.1) is 0 Å². The number of halogens is 2. The highest BCUT2D eigenvalue weighted by Gasteiger charge is 2.12. The quantitative estimate of drug-likeness (QED) is 0.700. The Balaban J connectivity index is 2.24. The molecule has 0 aliphatic heterocycles. The second-order valence-electron chi connectivity index (χ2n) is 4.96. The second kappa shape index (κ2) is 7.19. The monoisotopic (exact) mass is 367 g/mol. The number of hydrogen-bond acceptors (Lipinski definition) is 2. The largest absolute Gasteiger partial charge is 0.492 e. The molecule has 0 amide bonds. The highest BCUT2D eigenvalue weighted by molar-refractivity contribution is 9.10. The Morgan fingerprint density at radius 3 is 2.67 bits per heavy atom. The Morgan fingerprint density at radius 1 is 1.24 bits per heavy atom. The van der Waals surface area contributed by atoms with Crippen molar-refractivity contribution in [1.82, 2.24) is 0 Å². The van der Waals surface area contributed by atoms with Crippen LogP contribution >= 0.6 is 27.5 Å². The molecule has 1 atom stereocenters. The summed E-state index contributed by atoms with van der Waals surface area (Å²) >= 11 is 9.74. The number of benzene rings is 2. The molecule has 1 N–H and O–H groups in total. The summed E-state index contributed by atoms with van der Waals surface area (Å²) in [5.74, 6) is 0.873. The maximum atomic E-state index is 6.32. The molecule has 0 saturated carbocycles. The van der Waals surface area contributed by atoms with Crippen LogP contribution in [-0.4, -0.2) is 6.61 Å². The molecule has 0 bridgehead atoms. The minimum Gasteiger partial charge on any atom is -0.492 e. The SMILES string of the molecule is CCOc1cc(C)ccc1NC(C)c1ccc(Br)cc1Cl. The lowest BCUT2D eigenvalue weighted by molar-refractivity contribution is 0.341. The first-order valence-corrected chi connectivity index (χ1v) is 8.13. The molecule has 0 aliphatic rings. The highest BCUT2D eigenvalue weighted by Crippen LogP contribution is 2.32. The zero-order valence-electron chi connectivity index (χ0n) is 12.4. The first-order valence-electron chi connectivity index (χ1n) is 6.96. The van der Waals surface area contributed by atoms with Crippen LogP contribution in [0.3, 0.4) is 0 Å². The van der Waals surface area contributed by atoms with Gasteiger partial charge in [0.25, 0.3) is 0 Å². The summed E-state index contributed by atoms with van der Waals surface area (Å²) in [4.78, 5) is 0. The summed E-state index contributed by atoms with van der Waals surface area (Å²) in [5, 5.41) is 4.22.